The summed E-state index contributed by atoms with van der Waals surface area (Å²) >= 11 is 1.24. The van der Waals surface area contributed by atoms with Gasteiger partial charge in [-0.25, -0.2) is 9.97 Å². The van der Waals surface area contributed by atoms with E-state index in [0.717, 1.165) is 12.0 Å². The molecule has 208 valence electrons. The number of Topliss-reactive ketones (excluding diaryl/α,β-unsaturated/α-hetero) is 1. The lowest BCUT2D eigenvalue weighted by Gasteiger charge is -2.24. The van der Waals surface area contributed by atoms with E-state index in [9.17, 15) is 14.7 Å². The average molecular weight is 561 g/mol. The number of fused-ring (bicyclic) bond motifs is 1. The Morgan fingerprint density at radius 1 is 1.15 bits per heavy atom. The summed E-state index contributed by atoms with van der Waals surface area (Å²) in [7, 11) is 0. The number of benzene rings is 1. The standard InChI is InChI=1S/C30H32N4O5S/c1-6-38-22-16-20(9-10-21(22)39-14-11-17(2)3)25-23(27(36)29(37)34(25)30-31-12-15-40-30)26(35)24-19(5)33-13-7-8-18(4)28(33)32-24/h7-10,12-13,15-17,25,35H,6,11,14H2,1-5H3/b26-23+. The average Bonchev–Trinajstić information content (AvgIpc) is 3.63. The van der Waals surface area contributed by atoms with Gasteiger partial charge in [-0.3, -0.25) is 14.5 Å². The monoisotopic (exact) mass is 560 g/mol. The number of anilines is 1. The van der Waals surface area contributed by atoms with Crippen LogP contribution in [0.4, 0.5) is 5.13 Å². The predicted octanol–water partition coefficient (Wildman–Crippen LogP) is 5.86. The molecular weight excluding hydrogens is 528 g/mol. The van der Waals surface area contributed by atoms with Crippen LogP contribution in [-0.2, 0) is 9.59 Å². The molecule has 3 aromatic heterocycles. The molecule has 0 saturated carbocycles. The van der Waals surface area contributed by atoms with Gasteiger partial charge < -0.3 is 19.0 Å². The maximum Gasteiger partial charge on any atom is 0.301 e. The molecule has 5 rings (SSSR count). The van der Waals surface area contributed by atoms with E-state index < -0.39 is 17.7 Å². The second kappa shape index (κ2) is 11.1. The Balaban J connectivity index is 1.68. The zero-order valence-corrected chi connectivity index (χ0v) is 24.0. The number of hydrogen-bond donors (Lipinski definition) is 1. The highest BCUT2D eigenvalue weighted by atomic mass is 32.1. The summed E-state index contributed by atoms with van der Waals surface area (Å²) in [5.74, 6) is -0.356. The van der Waals surface area contributed by atoms with E-state index in [0.29, 0.717) is 52.7 Å². The lowest BCUT2D eigenvalue weighted by Crippen LogP contribution is -2.29. The first kappa shape index (κ1) is 27.4. The second-order valence-corrected chi connectivity index (χ2v) is 11.0. The molecule has 1 aromatic carbocycles. The lowest BCUT2D eigenvalue weighted by molar-refractivity contribution is -0.132. The molecule has 1 atom stereocenters. The largest absolute Gasteiger partial charge is 0.505 e. The molecule has 1 aliphatic heterocycles. The van der Waals surface area contributed by atoms with Crippen LogP contribution in [0.3, 0.4) is 0 Å². The topological polar surface area (TPSA) is 106 Å². The first-order valence-corrected chi connectivity index (χ1v) is 14.2. The number of aliphatic hydroxyl groups excluding tert-OH is 1. The van der Waals surface area contributed by atoms with Crippen LogP contribution in [0.1, 0.15) is 55.7 Å². The highest BCUT2D eigenvalue weighted by Crippen LogP contribution is 2.45. The summed E-state index contributed by atoms with van der Waals surface area (Å²) in [5, 5.41) is 13.7. The van der Waals surface area contributed by atoms with Crippen LogP contribution >= 0.6 is 11.3 Å². The number of amides is 1. The Morgan fingerprint density at radius 3 is 2.62 bits per heavy atom. The number of pyridine rings is 1. The molecular formula is C30H32N4O5S. The molecule has 0 radical (unpaired) electrons. The van der Waals surface area contributed by atoms with Crippen LogP contribution in [0.25, 0.3) is 11.4 Å². The number of carbonyl (C=O) groups excluding carboxylic acids is 2. The molecule has 1 aliphatic rings. The van der Waals surface area contributed by atoms with Crippen LogP contribution in [0.15, 0.2) is 53.7 Å². The number of ether oxygens (including phenoxy) is 2. The quantitative estimate of drug-likeness (QED) is 0.155. The van der Waals surface area contributed by atoms with E-state index in [1.165, 1.54) is 16.2 Å². The van der Waals surface area contributed by atoms with Crippen molar-refractivity contribution in [2.24, 2.45) is 5.92 Å². The summed E-state index contributed by atoms with van der Waals surface area (Å²) < 4.78 is 13.8. The van der Waals surface area contributed by atoms with E-state index in [2.05, 4.69) is 23.8 Å². The SMILES string of the molecule is CCOc1cc(C2/C(=C(\O)c3nc4c(C)cccn4c3C)C(=O)C(=O)N2c2nccs2)ccc1OCCC(C)C. The summed E-state index contributed by atoms with van der Waals surface area (Å²) in [4.78, 5) is 37.3. The molecule has 1 saturated heterocycles. The molecule has 1 amide bonds. The van der Waals surface area contributed by atoms with Gasteiger partial charge in [0, 0.05) is 17.8 Å². The maximum absolute atomic E-state index is 13.6. The van der Waals surface area contributed by atoms with E-state index in [-0.39, 0.29) is 17.0 Å². The molecule has 1 unspecified atom stereocenters. The molecule has 0 aliphatic carbocycles. The van der Waals surface area contributed by atoms with Gasteiger partial charge in [-0.1, -0.05) is 26.0 Å². The Bertz CT molecular complexity index is 1610. The number of hydrogen-bond acceptors (Lipinski definition) is 8. The Hall–Kier alpha value is -4.18. The van der Waals surface area contributed by atoms with Crippen molar-refractivity contribution in [2.45, 2.75) is 47.1 Å². The third-order valence-electron chi connectivity index (χ3n) is 6.91. The summed E-state index contributed by atoms with van der Waals surface area (Å²) in [6.07, 6.45) is 4.30. The zero-order chi connectivity index (χ0) is 28.6. The van der Waals surface area contributed by atoms with Gasteiger partial charge in [0.25, 0.3) is 5.78 Å². The van der Waals surface area contributed by atoms with Gasteiger partial charge in [-0.05, 0) is 62.4 Å². The molecule has 1 N–H and O–H groups in total. The minimum atomic E-state index is -0.944. The summed E-state index contributed by atoms with van der Waals surface area (Å²) in [6, 6.07) is 8.20. The van der Waals surface area contributed by atoms with Crippen molar-refractivity contribution in [1.82, 2.24) is 14.4 Å². The number of imidazole rings is 1. The van der Waals surface area contributed by atoms with E-state index in [1.54, 1.807) is 29.8 Å². The smallest absolute Gasteiger partial charge is 0.301 e. The third-order valence-corrected chi connectivity index (χ3v) is 7.68. The molecule has 40 heavy (non-hydrogen) atoms. The normalized spacial score (nSPS) is 16.9. The second-order valence-electron chi connectivity index (χ2n) is 10.1. The fourth-order valence-corrected chi connectivity index (χ4v) is 5.51. The number of carbonyl (C=O) groups is 2. The van der Waals surface area contributed by atoms with Crippen molar-refractivity contribution in [1.29, 1.82) is 0 Å². The minimum absolute atomic E-state index is 0.0553. The van der Waals surface area contributed by atoms with Crippen molar-refractivity contribution >= 4 is 39.6 Å². The number of nitrogens with zero attached hydrogens (tertiary/aromatic N) is 4. The predicted molar refractivity (Wildman–Crippen MR) is 154 cm³/mol. The fourth-order valence-electron chi connectivity index (χ4n) is 4.84. The molecule has 4 aromatic rings. The van der Waals surface area contributed by atoms with Crippen molar-refractivity contribution in [3.63, 3.8) is 0 Å². The molecule has 0 bridgehead atoms. The first-order chi connectivity index (χ1) is 19.2. The van der Waals surface area contributed by atoms with Crippen molar-refractivity contribution in [3.05, 3.63) is 76.2 Å². The molecule has 1 fully saturated rings. The van der Waals surface area contributed by atoms with Crippen molar-refractivity contribution in [2.75, 3.05) is 18.1 Å². The number of thiazole rings is 1. The van der Waals surface area contributed by atoms with E-state index in [4.69, 9.17) is 9.47 Å². The number of aliphatic hydroxyl groups is 1. The Labute approximate surface area is 236 Å². The third kappa shape index (κ3) is 4.83. The molecule has 9 nitrogen and oxygen atoms in total. The first-order valence-electron chi connectivity index (χ1n) is 13.3. The van der Waals surface area contributed by atoms with Crippen molar-refractivity contribution < 1.29 is 24.2 Å². The molecule has 0 spiro atoms. The summed E-state index contributed by atoms with van der Waals surface area (Å²) in [5.41, 5.74) is 3.00. The number of aromatic nitrogens is 3. The number of aryl methyl sites for hydroxylation is 2. The van der Waals surface area contributed by atoms with Crippen LogP contribution in [0, 0.1) is 19.8 Å². The minimum Gasteiger partial charge on any atom is -0.505 e. The van der Waals surface area contributed by atoms with Crippen LogP contribution < -0.4 is 14.4 Å². The fraction of sp³-hybridized carbons (Fsp3) is 0.333. The van der Waals surface area contributed by atoms with Gasteiger partial charge in [0.1, 0.15) is 11.3 Å². The van der Waals surface area contributed by atoms with Gasteiger partial charge in [-0.15, -0.1) is 11.3 Å². The van der Waals surface area contributed by atoms with Gasteiger partial charge >= 0.3 is 5.91 Å². The van der Waals surface area contributed by atoms with E-state index >= 15 is 0 Å². The van der Waals surface area contributed by atoms with Gasteiger partial charge in [0.05, 0.1) is 30.5 Å². The number of rotatable bonds is 9. The molecule has 10 heteroatoms. The van der Waals surface area contributed by atoms with Crippen LogP contribution in [-0.4, -0.2) is 44.4 Å². The van der Waals surface area contributed by atoms with Crippen LogP contribution in [0.5, 0.6) is 11.5 Å². The highest BCUT2D eigenvalue weighted by Gasteiger charge is 2.48. The molecule has 4 heterocycles. The highest BCUT2D eigenvalue weighted by molar-refractivity contribution is 7.14. The van der Waals surface area contributed by atoms with Gasteiger partial charge in [0.2, 0.25) is 0 Å². The van der Waals surface area contributed by atoms with Crippen LogP contribution in [0.2, 0.25) is 0 Å². The van der Waals surface area contributed by atoms with Crippen molar-refractivity contribution in [3.8, 4) is 11.5 Å². The zero-order valence-electron chi connectivity index (χ0n) is 23.2. The Morgan fingerprint density at radius 2 is 1.95 bits per heavy atom. The maximum atomic E-state index is 13.6. The number of ketones is 1. The van der Waals surface area contributed by atoms with Gasteiger partial charge in [-0.2, -0.15) is 0 Å². The van der Waals surface area contributed by atoms with E-state index in [1.807, 2.05) is 43.5 Å². The Kier molecular flexibility index (Phi) is 7.62. The summed E-state index contributed by atoms with van der Waals surface area (Å²) in [6.45, 7) is 10.8. The van der Waals surface area contributed by atoms with Gasteiger partial charge in [0.15, 0.2) is 22.4 Å². The lowest BCUT2D eigenvalue weighted by atomic mass is 9.96.